The van der Waals surface area contributed by atoms with Gasteiger partial charge in [-0.3, -0.25) is 0 Å². The smallest absolute Gasteiger partial charge is 0.125 e. The van der Waals surface area contributed by atoms with Crippen molar-refractivity contribution in [2.24, 2.45) is 0 Å². The number of aromatic nitrogens is 1. The average molecular weight is 209 g/mol. The Balaban J connectivity index is 2.07. The maximum absolute atomic E-state index is 4.31. The highest BCUT2D eigenvalue weighted by Crippen LogP contribution is 2.19. The number of thioether (sulfide) groups is 1. The Morgan fingerprint density at radius 1 is 1.36 bits per heavy atom. The van der Waals surface area contributed by atoms with E-state index in [1.54, 1.807) is 0 Å². The number of hydrogen-bond acceptors (Lipinski definition) is 4. The van der Waals surface area contributed by atoms with Crippen molar-refractivity contribution in [3.05, 3.63) is 18.3 Å². The van der Waals surface area contributed by atoms with Crippen molar-refractivity contribution >= 4 is 23.3 Å². The number of hydrogen-bond donors (Lipinski definition) is 1. The maximum Gasteiger partial charge on any atom is 0.125 e. The van der Waals surface area contributed by atoms with E-state index in [0.717, 1.165) is 18.9 Å². The molecule has 0 bridgehead atoms. The zero-order valence-corrected chi connectivity index (χ0v) is 9.18. The molecule has 1 aromatic rings. The van der Waals surface area contributed by atoms with E-state index in [4.69, 9.17) is 0 Å². The summed E-state index contributed by atoms with van der Waals surface area (Å²) in [5.41, 5.74) is 1.24. The van der Waals surface area contributed by atoms with Gasteiger partial charge in [-0.15, -0.1) is 0 Å². The summed E-state index contributed by atoms with van der Waals surface area (Å²) in [6.45, 7) is 2.29. The molecule has 14 heavy (non-hydrogen) atoms. The van der Waals surface area contributed by atoms with Crippen LogP contribution in [0.4, 0.5) is 11.5 Å². The number of nitrogens with zero attached hydrogens (tertiary/aromatic N) is 2. The van der Waals surface area contributed by atoms with E-state index in [9.17, 15) is 0 Å². The standard InChI is InChI=1S/C10H15N3S/c1-11-10-3-2-9(8-12-10)13-4-6-14-7-5-13/h2-3,8H,4-7H2,1H3,(H,11,12). The topological polar surface area (TPSA) is 28.2 Å². The first-order valence-electron chi connectivity index (χ1n) is 4.86. The fourth-order valence-electron chi connectivity index (χ4n) is 1.54. The highest BCUT2D eigenvalue weighted by atomic mass is 32.2. The molecule has 1 aliphatic rings. The third-order valence-corrected chi connectivity index (χ3v) is 3.32. The minimum absolute atomic E-state index is 0.931. The zero-order valence-electron chi connectivity index (χ0n) is 8.36. The summed E-state index contributed by atoms with van der Waals surface area (Å²) < 4.78 is 0. The summed E-state index contributed by atoms with van der Waals surface area (Å²) in [5, 5.41) is 3.02. The van der Waals surface area contributed by atoms with Gasteiger partial charge in [0.1, 0.15) is 5.82 Å². The van der Waals surface area contributed by atoms with Gasteiger partial charge in [-0.05, 0) is 12.1 Å². The monoisotopic (exact) mass is 209 g/mol. The fraction of sp³-hybridized carbons (Fsp3) is 0.500. The zero-order chi connectivity index (χ0) is 9.80. The third kappa shape index (κ3) is 2.12. The first-order valence-corrected chi connectivity index (χ1v) is 6.02. The normalized spacial score (nSPS) is 16.8. The van der Waals surface area contributed by atoms with Crippen molar-refractivity contribution in [2.75, 3.05) is 41.9 Å². The quantitative estimate of drug-likeness (QED) is 0.802. The second-order valence-electron chi connectivity index (χ2n) is 3.25. The van der Waals surface area contributed by atoms with Crippen molar-refractivity contribution in [2.45, 2.75) is 0 Å². The van der Waals surface area contributed by atoms with Crippen molar-refractivity contribution < 1.29 is 0 Å². The second-order valence-corrected chi connectivity index (χ2v) is 4.48. The summed E-state index contributed by atoms with van der Waals surface area (Å²) in [4.78, 5) is 6.70. The molecule has 0 aliphatic carbocycles. The van der Waals surface area contributed by atoms with Crippen LogP contribution in [-0.4, -0.2) is 36.6 Å². The van der Waals surface area contributed by atoms with Crippen LogP contribution >= 0.6 is 11.8 Å². The SMILES string of the molecule is CNc1ccc(N2CCSCC2)cn1. The molecule has 0 unspecified atom stereocenters. The molecule has 1 aromatic heterocycles. The molecule has 3 nitrogen and oxygen atoms in total. The van der Waals surface area contributed by atoms with Gasteiger partial charge in [0, 0.05) is 31.6 Å². The molecule has 0 spiro atoms. The van der Waals surface area contributed by atoms with E-state index >= 15 is 0 Å². The molecule has 4 heteroatoms. The second kappa shape index (κ2) is 4.55. The average Bonchev–Trinajstić information content (AvgIpc) is 2.30. The van der Waals surface area contributed by atoms with Crippen LogP contribution in [0.2, 0.25) is 0 Å². The van der Waals surface area contributed by atoms with Crippen molar-refractivity contribution in [1.82, 2.24) is 4.98 Å². The molecule has 1 saturated heterocycles. The molecule has 76 valence electrons. The molecule has 0 atom stereocenters. The predicted molar refractivity (Wildman–Crippen MR) is 63.3 cm³/mol. The van der Waals surface area contributed by atoms with Crippen LogP contribution < -0.4 is 10.2 Å². The molecule has 0 amide bonds. The molecule has 0 saturated carbocycles. The molecular formula is C10H15N3S. The molecule has 2 rings (SSSR count). The Bertz CT molecular complexity index is 280. The molecule has 0 aromatic carbocycles. The lowest BCUT2D eigenvalue weighted by molar-refractivity contribution is 0.855. The van der Waals surface area contributed by atoms with Crippen LogP contribution in [0.5, 0.6) is 0 Å². The van der Waals surface area contributed by atoms with Gasteiger partial charge in [0.25, 0.3) is 0 Å². The van der Waals surface area contributed by atoms with Gasteiger partial charge in [-0.2, -0.15) is 11.8 Å². The maximum atomic E-state index is 4.31. The van der Waals surface area contributed by atoms with Crippen molar-refractivity contribution in [3.8, 4) is 0 Å². The van der Waals surface area contributed by atoms with Gasteiger partial charge < -0.3 is 10.2 Å². The molecule has 1 N–H and O–H groups in total. The summed E-state index contributed by atoms with van der Waals surface area (Å²) in [5.74, 6) is 3.39. The van der Waals surface area contributed by atoms with Crippen LogP contribution in [-0.2, 0) is 0 Å². The summed E-state index contributed by atoms with van der Waals surface area (Å²) in [6, 6.07) is 4.16. The first-order chi connectivity index (χ1) is 6.90. The minimum Gasteiger partial charge on any atom is -0.373 e. The highest BCUT2D eigenvalue weighted by molar-refractivity contribution is 7.99. The Morgan fingerprint density at radius 2 is 2.14 bits per heavy atom. The van der Waals surface area contributed by atoms with Gasteiger partial charge in [0.05, 0.1) is 11.9 Å². The Morgan fingerprint density at radius 3 is 2.71 bits per heavy atom. The van der Waals surface area contributed by atoms with Crippen LogP contribution in [0.25, 0.3) is 0 Å². The van der Waals surface area contributed by atoms with E-state index in [2.05, 4.69) is 21.3 Å². The number of pyridine rings is 1. The lowest BCUT2D eigenvalue weighted by atomic mass is 10.3. The van der Waals surface area contributed by atoms with Gasteiger partial charge in [-0.25, -0.2) is 4.98 Å². The van der Waals surface area contributed by atoms with Crippen molar-refractivity contribution in [1.29, 1.82) is 0 Å². The lowest BCUT2D eigenvalue weighted by Gasteiger charge is -2.28. The number of rotatable bonds is 2. The molecule has 0 radical (unpaired) electrons. The molecule has 2 heterocycles. The van der Waals surface area contributed by atoms with Gasteiger partial charge in [0.15, 0.2) is 0 Å². The van der Waals surface area contributed by atoms with Crippen molar-refractivity contribution in [3.63, 3.8) is 0 Å². The van der Waals surface area contributed by atoms with Crippen LogP contribution in [0.3, 0.4) is 0 Å². The largest absolute Gasteiger partial charge is 0.373 e. The van der Waals surface area contributed by atoms with Gasteiger partial charge in [-0.1, -0.05) is 0 Å². The highest BCUT2D eigenvalue weighted by Gasteiger charge is 2.10. The lowest BCUT2D eigenvalue weighted by Crippen LogP contribution is -2.32. The third-order valence-electron chi connectivity index (χ3n) is 2.38. The number of nitrogens with one attached hydrogen (secondary N) is 1. The van der Waals surface area contributed by atoms with Gasteiger partial charge >= 0.3 is 0 Å². The summed E-state index contributed by atoms with van der Waals surface area (Å²) in [7, 11) is 1.89. The summed E-state index contributed by atoms with van der Waals surface area (Å²) >= 11 is 2.03. The van der Waals surface area contributed by atoms with Gasteiger partial charge in [0.2, 0.25) is 0 Å². The van der Waals surface area contributed by atoms with E-state index in [0.29, 0.717) is 0 Å². The first kappa shape index (κ1) is 9.65. The Kier molecular flexibility index (Phi) is 3.14. The fourth-order valence-corrected chi connectivity index (χ4v) is 2.45. The Labute approximate surface area is 88.9 Å². The number of anilines is 2. The minimum atomic E-state index is 0.931. The van der Waals surface area contributed by atoms with Crippen LogP contribution in [0.1, 0.15) is 0 Å². The van der Waals surface area contributed by atoms with Crippen LogP contribution in [0, 0.1) is 0 Å². The predicted octanol–water partition coefficient (Wildman–Crippen LogP) is 1.68. The van der Waals surface area contributed by atoms with E-state index in [1.165, 1.54) is 17.2 Å². The summed E-state index contributed by atoms with van der Waals surface area (Å²) in [6.07, 6.45) is 1.95. The Hall–Kier alpha value is -0.900. The van der Waals surface area contributed by atoms with E-state index in [-0.39, 0.29) is 0 Å². The van der Waals surface area contributed by atoms with E-state index in [1.807, 2.05) is 31.1 Å². The van der Waals surface area contributed by atoms with Crippen LogP contribution in [0.15, 0.2) is 18.3 Å². The molecule has 1 fully saturated rings. The molecular weight excluding hydrogens is 194 g/mol. The van der Waals surface area contributed by atoms with E-state index < -0.39 is 0 Å². The molecule has 1 aliphatic heterocycles.